The number of likely N-dealkylation sites (N-methyl/N-ethyl adjacent to an activating group) is 1. The van der Waals surface area contributed by atoms with Crippen molar-refractivity contribution in [3.8, 4) is 5.75 Å². The molecule has 1 aliphatic heterocycles. The molecule has 0 spiro atoms. The minimum absolute atomic E-state index is 0.0301. The summed E-state index contributed by atoms with van der Waals surface area (Å²) in [6.45, 7) is 7.10. The van der Waals surface area contributed by atoms with Crippen molar-refractivity contribution in [2.24, 2.45) is 13.0 Å². The summed E-state index contributed by atoms with van der Waals surface area (Å²) < 4.78 is 42.2. The first-order chi connectivity index (χ1) is 18.1. The fourth-order valence-corrected chi connectivity index (χ4v) is 5.45. The van der Waals surface area contributed by atoms with E-state index in [0.717, 1.165) is 19.3 Å². The number of carbonyl (C=O) groups is 1. The van der Waals surface area contributed by atoms with Crippen LogP contribution in [0.15, 0.2) is 35.7 Å². The number of nitrogens with one attached hydrogen (secondary N) is 2. The molecule has 12 heteroatoms. The number of rotatable bonds is 7. The molecular formula is C26H41N5O6S. The third kappa shape index (κ3) is 7.68. The van der Waals surface area contributed by atoms with Crippen LogP contribution in [0.4, 0.5) is 5.69 Å². The molecule has 0 fully saturated rings. The molecule has 0 radical (unpaired) electrons. The van der Waals surface area contributed by atoms with Gasteiger partial charge in [-0.05, 0) is 58.4 Å². The van der Waals surface area contributed by atoms with Crippen LogP contribution < -0.4 is 14.8 Å². The van der Waals surface area contributed by atoms with Crippen molar-refractivity contribution in [1.82, 2.24) is 19.8 Å². The average molecular weight is 552 g/mol. The lowest BCUT2D eigenvalue weighted by molar-refractivity contribution is -0.000450. The van der Waals surface area contributed by atoms with Crippen LogP contribution in [-0.2, 0) is 21.8 Å². The Hall–Kier alpha value is -2.67. The summed E-state index contributed by atoms with van der Waals surface area (Å²) in [7, 11) is -0.420. The summed E-state index contributed by atoms with van der Waals surface area (Å²) >= 11 is 0. The van der Waals surface area contributed by atoms with E-state index in [-0.39, 0.29) is 46.9 Å². The van der Waals surface area contributed by atoms with E-state index in [1.54, 1.807) is 31.0 Å². The number of aliphatic hydroxyl groups excluding tert-OH is 1. The molecule has 11 nitrogen and oxygen atoms in total. The largest absolute Gasteiger partial charge is 0.490 e. The van der Waals surface area contributed by atoms with Gasteiger partial charge in [-0.3, -0.25) is 9.52 Å². The van der Waals surface area contributed by atoms with Crippen LogP contribution in [0.5, 0.6) is 5.75 Å². The third-order valence-corrected chi connectivity index (χ3v) is 7.93. The molecule has 2 aromatic rings. The second-order valence-electron chi connectivity index (χ2n) is 10.1. The quantitative estimate of drug-likeness (QED) is 0.477. The van der Waals surface area contributed by atoms with Crippen molar-refractivity contribution in [2.75, 3.05) is 38.1 Å². The molecule has 0 saturated heterocycles. The van der Waals surface area contributed by atoms with Gasteiger partial charge in [0.25, 0.3) is 15.9 Å². The summed E-state index contributed by atoms with van der Waals surface area (Å²) in [5.74, 6) is -0.0246. The second kappa shape index (κ2) is 13.4. The van der Waals surface area contributed by atoms with Crippen LogP contribution in [-0.4, -0.2) is 85.5 Å². The molecule has 3 N–H and O–H groups in total. The van der Waals surface area contributed by atoms with E-state index in [0.29, 0.717) is 25.4 Å². The van der Waals surface area contributed by atoms with Gasteiger partial charge < -0.3 is 29.4 Å². The molecule has 1 amide bonds. The van der Waals surface area contributed by atoms with E-state index in [1.165, 1.54) is 23.2 Å². The number of imidazole rings is 1. The minimum Gasteiger partial charge on any atom is -0.490 e. The van der Waals surface area contributed by atoms with E-state index in [9.17, 15) is 18.3 Å². The van der Waals surface area contributed by atoms with Crippen molar-refractivity contribution in [3.05, 3.63) is 36.3 Å². The lowest BCUT2D eigenvalue weighted by Gasteiger charge is -2.34. The Kier molecular flexibility index (Phi) is 10.5. The van der Waals surface area contributed by atoms with Gasteiger partial charge in [0.15, 0.2) is 5.03 Å². The molecule has 38 heavy (non-hydrogen) atoms. The number of aromatic nitrogens is 2. The van der Waals surface area contributed by atoms with Crippen LogP contribution in [0.1, 0.15) is 50.4 Å². The molecule has 4 atom stereocenters. The van der Waals surface area contributed by atoms with Gasteiger partial charge in [-0.15, -0.1) is 0 Å². The second-order valence-corrected chi connectivity index (χ2v) is 11.7. The number of benzene rings is 1. The summed E-state index contributed by atoms with van der Waals surface area (Å²) in [5, 5.41) is 13.0. The molecule has 2 heterocycles. The molecule has 1 aromatic heterocycles. The van der Waals surface area contributed by atoms with Crippen molar-refractivity contribution >= 4 is 21.6 Å². The van der Waals surface area contributed by atoms with Crippen LogP contribution in [0.2, 0.25) is 0 Å². The van der Waals surface area contributed by atoms with E-state index in [2.05, 4.69) is 15.0 Å². The monoisotopic (exact) mass is 551 g/mol. The Labute approximate surface area is 225 Å². The van der Waals surface area contributed by atoms with Gasteiger partial charge in [0.05, 0.1) is 36.7 Å². The number of hydrogen-bond acceptors (Lipinski definition) is 8. The number of aryl methyl sites for hydroxylation is 1. The van der Waals surface area contributed by atoms with E-state index in [1.807, 2.05) is 20.9 Å². The van der Waals surface area contributed by atoms with Gasteiger partial charge >= 0.3 is 0 Å². The van der Waals surface area contributed by atoms with E-state index >= 15 is 0 Å². The summed E-state index contributed by atoms with van der Waals surface area (Å²) in [4.78, 5) is 19.5. The number of sulfonamides is 1. The highest BCUT2D eigenvalue weighted by Gasteiger charge is 2.30. The molecule has 0 saturated carbocycles. The average Bonchev–Trinajstić information content (AvgIpc) is 3.33. The topological polar surface area (TPSA) is 135 Å². The van der Waals surface area contributed by atoms with Crippen LogP contribution in [0.3, 0.4) is 0 Å². The fourth-order valence-electron chi connectivity index (χ4n) is 4.41. The van der Waals surface area contributed by atoms with Gasteiger partial charge in [-0.2, -0.15) is 8.42 Å². The Morgan fingerprint density at radius 3 is 2.68 bits per heavy atom. The zero-order chi connectivity index (χ0) is 27.9. The van der Waals surface area contributed by atoms with E-state index < -0.39 is 16.1 Å². The highest BCUT2D eigenvalue weighted by Crippen LogP contribution is 2.29. The fraction of sp³-hybridized carbons (Fsp3) is 0.615. The van der Waals surface area contributed by atoms with Gasteiger partial charge in [0.2, 0.25) is 0 Å². The van der Waals surface area contributed by atoms with Crippen LogP contribution in [0.25, 0.3) is 0 Å². The third-order valence-electron chi connectivity index (χ3n) is 6.67. The van der Waals surface area contributed by atoms with Crippen LogP contribution >= 0.6 is 0 Å². The van der Waals surface area contributed by atoms with Crippen molar-refractivity contribution < 1.29 is 27.8 Å². The number of nitrogens with zero attached hydrogens (tertiary/aromatic N) is 3. The number of carbonyl (C=O) groups excluding carboxylic acids is 1. The lowest BCUT2D eigenvalue weighted by Crippen LogP contribution is -2.47. The molecular weight excluding hydrogens is 510 g/mol. The van der Waals surface area contributed by atoms with Crippen molar-refractivity contribution in [2.45, 2.75) is 63.3 Å². The Balaban J connectivity index is 2.02. The SMILES string of the molecule is CNC[C@H]1OCCCC[C@@H](C)Oc2ccc(NS(=O)(=O)c3cn(C)cn3)cc2C(=O)N([C@H](C)CO)C[C@H]1C. The predicted octanol–water partition coefficient (Wildman–Crippen LogP) is 2.24. The zero-order valence-corrected chi connectivity index (χ0v) is 23.7. The minimum atomic E-state index is -3.96. The van der Waals surface area contributed by atoms with Gasteiger partial charge in [0, 0.05) is 44.5 Å². The van der Waals surface area contributed by atoms with Crippen molar-refractivity contribution in [1.29, 1.82) is 0 Å². The molecule has 0 bridgehead atoms. The number of hydrogen-bond donors (Lipinski definition) is 3. The van der Waals surface area contributed by atoms with Gasteiger partial charge in [-0.1, -0.05) is 6.92 Å². The first-order valence-electron chi connectivity index (χ1n) is 13.0. The predicted molar refractivity (Wildman–Crippen MR) is 145 cm³/mol. The van der Waals surface area contributed by atoms with Crippen LogP contribution in [0, 0.1) is 5.92 Å². The number of fused-ring (bicyclic) bond motifs is 1. The number of aliphatic hydroxyl groups is 1. The summed E-state index contributed by atoms with van der Waals surface area (Å²) in [5.41, 5.74) is 0.426. The standard InChI is InChI=1S/C26H41N5O6S/c1-18-14-31(19(2)16-32)26(33)22-12-21(29-38(34,35)25-15-30(5)17-28-25)9-10-23(22)37-20(3)8-6-7-11-36-24(18)13-27-4/h9-10,12,15,17-20,24,27,29,32H,6-8,11,13-14,16H2,1-5H3/t18-,19-,20-,24-/m1/s1. The summed E-state index contributed by atoms with van der Waals surface area (Å²) in [6, 6.07) is 4.19. The lowest BCUT2D eigenvalue weighted by atomic mass is 10.0. The van der Waals surface area contributed by atoms with Gasteiger partial charge in [-0.25, -0.2) is 4.98 Å². The zero-order valence-electron chi connectivity index (χ0n) is 22.9. The maximum atomic E-state index is 14.0. The molecule has 212 valence electrons. The first kappa shape index (κ1) is 29.9. The normalized spacial score (nSPS) is 22.7. The molecule has 3 rings (SSSR count). The maximum absolute atomic E-state index is 14.0. The molecule has 1 aromatic carbocycles. The Morgan fingerprint density at radius 1 is 1.26 bits per heavy atom. The molecule has 0 unspecified atom stereocenters. The smallest absolute Gasteiger partial charge is 0.280 e. The van der Waals surface area contributed by atoms with Gasteiger partial charge in [0.1, 0.15) is 5.75 Å². The molecule has 0 aliphatic carbocycles. The van der Waals surface area contributed by atoms with Crippen molar-refractivity contribution in [3.63, 3.8) is 0 Å². The highest BCUT2D eigenvalue weighted by molar-refractivity contribution is 7.92. The maximum Gasteiger partial charge on any atom is 0.280 e. The molecule has 1 aliphatic rings. The number of amides is 1. The summed E-state index contributed by atoms with van der Waals surface area (Å²) in [6.07, 6.45) is 5.07. The van der Waals surface area contributed by atoms with E-state index in [4.69, 9.17) is 9.47 Å². The Bertz CT molecular complexity index is 1170. The highest BCUT2D eigenvalue weighted by atomic mass is 32.2. The number of ether oxygens (including phenoxy) is 2. The Morgan fingerprint density at radius 2 is 2.03 bits per heavy atom. The first-order valence-corrected chi connectivity index (χ1v) is 14.5. The number of anilines is 1.